The largest absolute Gasteiger partial charge is 0.507 e. The van der Waals surface area contributed by atoms with Crippen LogP contribution in [0.15, 0.2) is 41.0 Å². The summed E-state index contributed by atoms with van der Waals surface area (Å²) in [5.41, 5.74) is 3.02. The van der Waals surface area contributed by atoms with Gasteiger partial charge in [0, 0.05) is 5.92 Å². The quantitative estimate of drug-likeness (QED) is 0.509. The summed E-state index contributed by atoms with van der Waals surface area (Å²) in [5.74, 6) is 1.93. The molecule has 3 aromatic rings. The minimum Gasteiger partial charge on any atom is -0.507 e. The monoisotopic (exact) mass is 434 g/mol. The van der Waals surface area contributed by atoms with Crippen molar-refractivity contribution in [1.82, 2.24) is 0 Å². The van der Waals surface area contributed by atoms with Gasteiger partial charge in [0.2, 0.25) is 0 Å². The van der Waals surface area contributed by atoms with Crippen molar-refractivity contribution in [3.05, 3.63) is 53.3 Å². The van der Waals surface area contributed by atoms with Crippen LogP contribution in [0, 0.1) is 11.3 Å². The number of rotatable bonds is 3. The number of phenols is 1. The smallest absolute Gasteiger partial charge is 0.165 e. The predicted octanol–water partition coefficient (Wildman–Crippen LogP) is 5.81. The summed E-state index contributed by atoms with van der Waals surface area (Å²) in [6.45, 7) is 6.46. The fourth-order valence-corrected chi connectivity index (χ4v) is 5.60. The molecule has 1 fully saturated rings. The van der Waals surface area contributed by atoms with Gasteiger partial charge in [-0.3, -0.25) is 0 Å². The first-order valence-electron chi connectivity index (χ1n) is 11.2. The lowest BCUT2D eigenvalue weighted by molar-refractivity contribution is -0.138. The molecule has 0 spiro atoms. The van der Waals surface area contributed by atoms with Crippen molar-refractivity contribution in [2.75, 3.05) is 7.11 Å². The van der Waals surface area contributed by atoms with Gasteiger partial charge < -0.3 is 24.1 Å². The summed E-state index contributed by atoms with van der Waals surface area (Å²) >= 11 is 0. The molecule has 2 N–H and O–H groups in total. The lowest BCUT2D eigenvalue weighted by Gasteiger charge is -2.55. The zero-order valence-electron chi connectivity index (χ0n) is 19.0. The molecule has 0 radical (unpaired) electrons. The van der Waals surface area contributed by atoms with Crippen molar-refractivity contribution < 1.29 is 24.1 Å². The van der Waals surface area contributed by atoms with Crippen LogP contribution in [0.1, 0.15) is 50.3 Å². The Morgan fingerprint density at radius 2 is 1.84 bits per heavy atom. The number of hydrogen-bond acceptors (Lipinski definition) is 5. The van der Waals surface area contributed by atoms with Crippen LogP contribution in [-0.2, 0) is 6.42 Å². The highest BCUT2D eigenvalue weighted by Gasteiger charge is 2.54. The third kappa shape index (κ3) is 3.27. The Bertz CT molecular complexity index is 1200. The predicted molar refractivity (Wildman–Crippen MR) is 125 cm³/mol. The molecule has 0 bridgehead atoms. The van der Waals surface area contributed by atoms with Crippen molar-refractivity contribution in [3.8, 4) is 17.2 Å². The van der Waals surface area contributed by atoms with E-state index in [9.17, 15) is 10.2 Å². The van der Waals surface area contributed by atoms with E-state index in [1.807, 2.05) is 24.3 Å². The van der Waals surface area contributed by atoms with E-state index in [4.69, 9.17) is 13.9 Å². The molecule has 5 nitrogen and oxygen atoms in total. The van der Waals surface area contributed by atoms with Gasteiger partial charge in [-0.05, 0) is 78.6 Å². The standard InChI is InChI=1S/C27H30O5/c1-26(2)23-15-18-11-16(5-6-17-12-20(28)19-8-10-31-21(19)13-17)14-22(30-4)25(18)32-27(23,3)9-7-24(26)29/h5-6,8,10-14,23-24,28-29H,7,9,15H2,1-4H3/b6-5+/t23-,24-,27-/m1/s1. The lowest BCUT2D eigenvalue weighted by Crippen LogP contribution is -2.58. The van der Waals surface area contributed by atoms with Crippen LogP contribution in [0.2, 0.25) is 0 Å². The maximum Gasteiger partial charge on any atom is 0.165 e. The van der Waals surface area contributed by atoms with Crippen molar-refractivity contribution in [3.63, 3.8) is 0 Å². The topological polar surface area (TPSA) is 72.1 Å². The Balaban J connectivity index is 1.51. The normalized spacial score (nSPS) is 26.5. The zero-order valence-corrected chi connectivity index (χ0v) is 19.0. The molecule has 1 aliphatic carbocycles. The molecular formula is C27H30O5. The number of aliphatic hydroxyl groups excluding tert-OH is 1. The van der Waals surface area contributed by atoms with Gasteiger partial charge in [0.15, 0.2) is 11.5 Å². The molecule has 32 heavy (non-hydrogen) atoms. The number of hydrogen-bond donors (Lipinski definition) is 2. The number of methoxy groups -OCH3 is 1. The van der Waals surface area contributed by atoms with E-state index in [2.05, 4.69) is 26.8 Å². The summed E-state index contributed by atoms with van der Waals surface area (Å²) < 4.78 is 17.7. The molecule has 0 unspecified atom stereocenters. The fourth-order valence-electron chi connectivity index (χ4n) is 5.60. The molecule has 2 aromatic carbocycles. The van der Waals surface area contributed by atoms with Crippen molar-refractivity contribution >= 4 is 23.1 Å². The lowest BCUT2D eigenvalue weighted by atomic mass is 9.57. The van der Waals surface area contributed by atoms with Crippen LogP contribution >= 0.6 is 0 Å². The van der Waals surface area contributed by atoms with E-state index >= 15 is 0 Å². The Morgan fingerprint density at radius 1 is 1.09 bits per heavy atom. The van der Waals surface area contributed by atoms with E-state index in [0.29, 0.717) is 11.0 Å². The van der Waals surface area contributed by atoms with Gasteiger partial charge in [0.05, 0.1) is 24.9 Å². The van der Waals surface area contributed by atoms with Crippen molar-refractivity contribution in [1.29, 1.82) is 0 Å². The van der Waals surface area contributed by atoms with Gasteiger partial charge in [-0.2, -0.15) is 0 Å². The highest BCUT2D eigenvalue weighted by atomic mass is 16.5. The molecule has 5 rings (SSSR count). The number of benzene rings is 2. The van der Waals surface area contributed by atoms with Crippen LogP contribution in [0.3, 0.4) is 0 Å². The summed E-state index contributed by atoms with van der Waals surface area (Å²) in [7, 11) is 1.67. The number of furan rings is 1. The van der Waals surface area contributed by atoms with E-state index in [1.165, 1.54) is 0 Å². The number of ether oxygens (including phenoxy) is 2. The van der Waals surface area contributed by atoms with Crippen LogP contribution in [0.25, 0.3) is 23.1 Å². The second-order valence-corrected chi connectivity index (χ2v) is 9.96. The summed E-state index contributed by atoms with van der Waals surface area (Å²) in [6, 6.07) is 9.50. The highest BCUT2D eigenvalue weighted by molar-refractivity contribution is 5.87. The molecule has 5 heteroatoms. The zero-order chi connectivity index (χ0) is 22.7. The van der Waals surface area contributed by atoms with Crippen LogP contribution in [-0.4, -0.2) is 29.0 Å². The fraction of sp³-hybridized carbons (Fsp3) is 0.407. The van der Waals surface area contributed by atoms with Gasteiger partial charge >= 0.3 is 0 Å². The molecule has 2 heterocycles. The van der Waals surface area contributed by atoms with Crippen molar-refractivity contribution in [2.45, 2.75) is 51.7 Å². The van der Waals surface area contributed by atoms with E-state index in [1.54, 1.807) is 25.5 Å². The molecule has 0 saturated heterocycles. The number of fused-ring (bicyclic) bond motifs is 3. The summed E-state index contributed by atoms with van der Waals surface area (Å²) in [5, 5.41) is 21.6. The SMILES string of the molecule is COc1cc(/C=C/c2cc(O)c3ccoc3c2)cc2c1O[C@]1(C)CC[C@@H](O)C(C)(C)[C@H]1C2. The van der Waals surface area contributed by atoms with Gasteiger partial charge in [-0.1, -0.05) is 26.0 Å². The first kappa shape index (κ1) is 21.0. The Morgan fingerprint density at radius 3 is 2.59 bits per heavy atom. The first-order valence-corrected chi connectivity index (χ1v) is 11.2. The maximum absolute atomic E-state index is 10.7. The molecule has 168 valence electrons. The molecular weight excluding hydrogens is 404 g/mol. The minimum absolute atomic E-state index is 0.199. The summed E-state index contributed by atoms with van der Waals surface area (Å²) in [4.78, 5) is 0. The average Bonchev–Trinajstić information content (AvgIpc) is 3.23. The summed E-state index contributed by atoms with van der Waals surface area (Å²) in [6.07, 6.45) is 7.58. The molecule has 1 aromatic heterocycles. The van der Waals surface area contributed by atoms with E-state index in [0.717, 1.165) is 47.5 Å². The first-order chi connectivity index (χ1) is 15.2. The van der Waals surface area contributed by atoms with Gasteiger partial charge in [0.1, 0.15) is 16.9 Å². The molecule has 2 aliphatic rings. The number of aliphatic hydroxyl groups is 1. The Labute approximate surface area is 188 Å². The number of phenolic OH excluding ortho intramolecular Hbond substituents is 1. The number of aromatic hydroxyl groups is 1. The van der Waals surface area contributed by atoms with E-state index in [-0.39, 0.29) is 28.8 Å². The van der Waals surface area contributed by atoms with Crippen LogP contribution in [0.4, 0.5) is 0 Å². The third-order valence-corrected chi connectivity index (χ3v) is 7.58. The van der Waals surface area contributed by atoms with Crippen molar-refractivity contribution in [2.24, 2.45) is 11.3 Å². The third-order valence-electron chi connectivity index (χ3n) is 7.58. The second kappa shape index (κ2) is 7.31. The van der Waals surface area contributed by atoms with Gasteiger partial charge in [-0.15, -0.1) is 0 Å². The average molecular weight is 435 g/mol. The van der Waals surface area contributed by atoms with Gasteiger partial charge in [-0.25, -0.2) is 0 Å². The van der Waals surface area contributed by atoms with Crippen LogP contribution in [0.5, 0.6) is 17.2 Å². The Hall–Kier alpha value is -2.92. The van der Waals surface area contributed by atoms with Gasteiger partial charge in [0.25, 0.3) is 0 Å². The molecule has 0 amide bonds. The minimum atomic E-state index is -0.333. The highest BCUT2D eigenvalue weighted by Crippen LogP contribution is 2.54. The molecule has 1 saturated carbocycles. The molecule has 3 atom stereocenters. The van der Waals surface area contributed by atoms with Crippen LogP contribution < -0.4 is 9.47 Å². The molecule has 1 aliphatic heterocycles. The van der Waals surface area contributed by atoms with E-state index < -0.39 is 0 Å². The Kier molecular flexibility index (Phi) is 4.79. The second-order valence-electron chi connectivity index (χ2n) is 9.96. The maximum atomic E-state index is 10.7.